The predicted molar refractivity (Wildman–Crippen MR) is 98.5 cm³/mol. The van der Waals surface area contributed by atoms with Crippen LogP contribution < -0.4 is 10.1 Å². The number of carbonyl (C=O) groups is 2. The van der Waals surface area contributed by atoms with Crippen LogP contribution >= 0.6 is 0 Å². The fourth-order valence-corrected chi connectivity index (χ4v) is 3.15. The largest absolute Gasteiger partial charge is 0.494 e. The van der Waals surface area contributed by atoms with Crippen LogP contribution in [0, 0.1) is 5.92 Å². The number of nitrogens with zero attached hydrogens (tertiary/aromatic N) is 1. The number of rotatable bonds is 8. The lowest BCUT2D eigenvalue weighted by molar-refractivity contribution is -0.135. The molecule has 5 heteroatoms. The number of amides is 2. The first-order valence-corrected chi connectivity index (χ1v) is 9.29. The van der Waals surface area contributed by atoms with Crippen molar-refractivity contribution in [1.29, 1.82) is 0 Å². The van der Waals surface area contributed by atoms with E-state index >= 15 is 0 Å². The molecule has 1 heterocycles. The van der Waals surface area contributed by atoms with Crippen LogP contribution in [0.2, 0.25) is 0 Å². The monoisotopic (exact) mass is 346 g/mol. The van der Waals surface area contributed by atoms with Crippen LogP contribution in [-0.4, -0.2) is 42.5 Å². The zero-order valence-electron chi connectivity index (χ0n) is 15.6. The van der Waals surface area contributed by atoms with Crippen molar-refractivity contribution in [2.75, 3.05) is 19.7 Å². The number of carbonyl (C=O) groups excluding carboxylic acids is 2. The van der Waals surface area contributed by atoms with Crippen molar-refractivity contribution in [2.24, 2.45) is 5.92 Å². The zero-order valence-corrected chi connectivity index (χ0v) is 15.6. The first-order chi connectivity index (χ1) is 12.0. The molecule has 1 aliphatic rings. The van der Waals surface area contributed by atoms with Crippen molar-refractivity contribution in [3.8, 4) is 5.75 Å². The number of ether oxygens (including phenoxy) is 1. The second-order valence-electron chi connectivity index (χ2n) is 7.04. The van der Waals surface area contributed by atoms with Crippen molar-refractivity contribution < 1.29 is 14.3 Å². The highest BCUT2D eigenvalue weighted by atomic mass is 16.5. The summed E-state index contributed by atoms with van der Waals surface area (Å²) in [5, 5.41) is 2.95. The molecule has 5 nitrogen and oxygen atoms in total. The number of benzene rings is 1. The highest BCUT2D eigenvalue weighted by molar-refractivity contribution is 5.88. The molecule has 0 spiro atoms. The van der Waals surface area contributed by atoms with E-state index in [0.717, 1.165) is 37.2 Å². The highest BCUT2D eigenvalue weighted by Gasteiger charge is 2.28. The minimum atomic E-state index is -0.423. The molecule has 1 fully saturated rings. The summed E-state index contributed by atoms with van der Waals surface area (Å²) in [5.74, 6) is 1.10. The minimum Gasteiger partial charge on any atom is -0.494 e. The van der Waals surface area contributed by atoms with E-state index in [1.54, 1.807) is 0 Å². The molecule has 1 N–H and O–H groups in total. The van der Waals surface area contributed by atoms with Gasteiger partial charge >= 0.3 is 0 Å². The molecule has 1 atom stereocenters. The van der Waals surface area contributed by atoms with Gasteiger partial charge in [-0.15, -0.1) is 0 Å². The summed E-state index contributed by atoms with van der Waals surface area (Å²) >= 11 is 0. The van der Waals surface area contributed by atoms with Crippen LogP contribution in [0.4, 0.5) is 0 Å². The lowest BCUT2D eigenvalue weighted by atomic mass is 10.0. The van der Waals surface area contributed by atoms with Gasteiger partial charge in [-0.25, -0.2) is 0 Å². The Kier molecular flexibility index (Phi) is 7.29. The molecule has 1 aliphatic heterocycles. The third-order valence-electron chi connectivity index (χ3n) is 4.36. The number of hydrogen-bond donors (Lipinski definition) is 1. The Morgan fingerprint density at radius 3 is 2.36 bits per heavy atom. The maximum atomic E-state index is 12.7. The molecule has 0 saturated carbocycles. The van der Waals surface area contributed by atoms with Crippen molar-refractivity contribution in [3.63, 3.8) is 0 Å². The second kappa shape index (κ2) is 9.44. The quantitative estimate of drug-likeness (QED) is 0.787. The molecule has 2 rings (SSSR count). The molecule has 0 radical (unpaired) electrons. The van der Waals surface area contributed by atoms with Gasteiger partial charge in [-0.1, -0.05) is 26.0 Å². The topological polar surface area (TPSA) is 58.6 Å². The van der Waals surface area contributed by atoms with Gasteiger partial charge in [0.1, 0.15) is 11.8 Å². The van der Waals surface area contributed by atoms with Gasteiger partial charge in [0, 0.05) is 13.1 Å². The van der Waals surface area contributed by atoms with Crippen molar-refractivity contribution in [2.45, 2.75) is 52.5 Å². The van der Waals surface area contributed by atoms with Gasteiger partial charge in [0.25, 0.3) is 0 Å². The predicted octanol–water partition coefficient (Wildman–Crippen LogP) is 2.78. The Hall–Kier alpha value is -2.04. The normalized spacial score (nSPS) is 15.3. The third-order valence-corrected chi connectivity index (χ3v) is 4.36. The van der Waals surface area contributed by atoms with Crippen LogP contribution in [0.25, 0.3) is 0 Å². The van der Waals surface area contributed by atoms with E-state index < -0.39 is 6.04 Å². The maximum absolute atomic E-state index is 12.7. The van der Waals surface area contributed by atoms with Gasteiger partial charge in [-0.2, -0.15) is 0 Å². The summed E-state index contributed by atoms with van der Waals surface area (Å²) in [6.07, 6.45) is 3.05. The van der Waals surface area contributed by atoms with Gasteiger partial charge in [0.05, 0.1) is 13.0 Å². The molecule has 0 unspecified atom stereocenters. The Morgan fingerprint density at radius 2 is 1.80 bits per heavy atom. The molecule has 25 heavy (non-hydrogen) atoms. The number of hydrogen-bond acceptors (Lipinski definition) is 3. The summed E-state index contributed by atoms with van der Waals surface area (Å²) in [7, 11) is 0. The molecule has 138 valence electrons. The highest BCUT2D eigenvalue weighted by Crippen LogP contribution is 2.15. The van der Waals surface area contributed by atoms with Gasteiger partial charge in [0.15, 0.2) is 0 Å². The number of likely N-dealkylation sites (tertiary alicyclic amines) is 1. The molecule has 1 aromatic rings. The summed E-state index contributed by atoms with van der Waals surface area (Å²) < 4.78 is 5.41. The van der Waals surface area contributed by atoms with E-state index in [4.69, 9.17) is 4.74 Å². The summed E-state index contributed by atoms with van der Waals surface area (Å²) in [5.41, 5.74) is 0.915. The van der Waals surface area contributed by atoms with Gasteiger partial charge in [-0.3, -0.25) is 9.59 Å². The van der Waals surface area contributed by atoms with Crippen LogP contribution in [0.1, 0.15) is 45.6 Å². The van der Waals surface area contributed by atoms with E-state index in [1.807, 2.05) is 36.1 Å². The lowest BCUT2D eigenvalue weighted by Crippen LogP contribution is -2.48. The molecule has 1 aromatic carbocycles. The summed E-state index contributed by atoms with van der Waals surface area (Å²) in [6.45, 7) is 8.32. The Morgan fingerprint density at radius 1 is 1.16 bits per heavy atom. The molecular weight excluding hydrogens is 316 g/mol. The fraction of sp³-hybridized carbons (Fsp3) is 0.600. The molecule has 0 aromatic heterocycles. The van der Waals surface area contributed by atoms with Crippen molar-refractivity contribution in [1.82, 2.24) is 10.2 Å². The average Bonchev–Trinajstić information content (AvgIpc) is 3.09. The third kappa shape index (κ3) is 6.07. The smallest absolute Gasteiger partial charge is 0.245 e. The Bertz CT molecular complexity index is 563. The lowest BCUT2D eigenvalue weighted by Gasteiger charge is -2.25. The summed E-state index contributed by atoms with van der Waals surface area (Å²) in [4.78, 5) is 27.0. The Balaban J connectivity index is 1.94. The molecular formula is C20H30N2O3. The van der Waals surface area contributed by atoms with Crippen molar-refractivity contribution in [3.05, 3.63) is 29.8 Å². The SMILES string of the molecule is CCOc1ccc(CC(=O)N[C@H](CC(C)C)C(=O)N2CCCC2)cc1. The molecule has 0 aliphatic carbocycles. The molecule has 1 saturated heterocycles. The summed E-state index contributed by atoms with van der Waals surface area (Å²) in [6, 6.07) is 7.10. The number of nitrogens with one attached hydrogen (secondary N) is 1. The van der Waals surface area contributed by atoms with E-state index in [-0.39, 0.29) is 18.2 Å². The fourth-order valence-electron chi connectivity index (χ4n) is 3.15. The van der Waals surface area contributed by atoms with Crippen LogP contribution in [-0.2, 0) is 16.0 Å². The average molecular weight is 346 g/mol. The van der Waals surface area contributed by atoms with E-state index in [2.05, 4.69) is 19.2 Å². The standard InChI is InChI=1S/C20H30N2O3/c1-4-25-17-9-7-16(8-10-17)14-19(23)21-18(13-15(2)3)20(24)22-11-5-6-12-22/h7-10,15,18H,4-6,11-14H2,1-3H3,(H,21,23)/t18-/m1/s1. The molecule has 0 bridgehead atoms. The van der Waals surface area contributed by atoms with Crippen LogP contribution in [0.15, 0.2) is 24.3 Å². The molecule has 2 amide bonds. The second-order valence-corrected chi connectivity index (χ2v) is 7.04. The van der Waals surface area contributed by atoms with E-state index in [9.17, 15) is 9.59 Å². The van der Waals surface area contributed by atoms with Crippen molar-refractivity contribution >= 4 is 11.8 Å². The van der Waals surface area contributed by atoms with E-state index in [0.29, 0.717) is 18.9 Å². The van der Waals surface area contributed by atoms with Gasteiger partial charge in [0.2, 0.25) is 11.8 Å². The zero-order chi connectivity index (χ0) is 18.2. The van der Waals surface area contributed by atoms with Gasteiger partial charge < -0.3 is 15.0 Å². The first-order valence-electron chi connectivity index (χ1n) is 9.29. The van der Waals surface area contributed by atoms with E-state index in [1.165, 1.54) is 0 Å². The van der Waals surface area contributed by atoms with Crippen LogP contribution in [0.5, 0.6) is 5.75 Å². The first kappa shape index (κ1) is 19.3. The van der Waals surface area contributed by atoms with Gasteiger partial charge in [-0.05, 0) is 49.8 Å². The Labute approximate surface area is 150 Å². The van der Waals surface area contributed by atoms with Crippen LogP contribution in [0.3, 0.4) is 0 Å². The maximum Gasteiger partial charge on any atom is 0.245 e. The minimum absolute atomic E-state index is 0.0613.